The van der Waals surface area contributed by atoms with Crippen molar-refractivity contribution < 1.29 is 9.47 Å². The van der Waals surface area contributed by atoms with Gasteiger partial charge in [-0.15, -0.1) is 22.9 Å². The molecule has 0 bridgehead atoms. The maximum Gasteiger partial charge on any atom is 0.160 e. The molecule has 0 saturated heterocycles. The van der Waals surface area contributed by atoms with Crippen LogP contribution in [0.2, 0.25) is 0 Å². The number of methoxy groups -OCH3 is 2. The van der Waals surface area contributed by atoms with Crippen molar-refractivity contribution in [3.63, 3.8) is 0 Å². The van der Waals surface area contributed by atoms with Gasteiger partial charge in [0.15, 0.2) is 11.5 Å². The molecule has 1 unspecified atom stereocenters. The van der Waals surface area contributed by atoms with Crippen molar-refractivity contribution in [3.05, 3.63) is 46.2 Å². The molecule has 18 heavy (non-hydrogen) atoms. The fourth-order valence-electron chi connectivity index (χ4n) is 1.78. The summed E-state index contributed by atoms with van der Waals surface area (Å²) in [6.45, 7) is 0. The van der Waals surface area contributed by atoms with Gasteiger partial charge >= 0.3 is 0 Å². The molecule has 0 N–H and O–H groups in total. The van der Waals surface area contributed by atoms with Gasteiger partial charge in [0.1, 0.15) is 0 Å². The van der Waals surface area contributed by atoms with Gasteiger partial charge in [-0.2, -0.15) is 0 Å². The molecule has 0 amide bonds. The molecule has 4 heteroatoms. The summed E-state index contributed by atoms with van der Waals surface area (Å²) in [4.78, 5) is 1.19. The highest BCUT2D eigenvalue weighted by atomic mass is 35.5. The third-order valence-corrected chi connectivity index (χ3v) is 4.22. The minimum atomic E-state index is 0.00287. The third kappa shape index (κ3) is 2.98. The molecular weight excluding hydrogens is 268 g/mol. The van der Waals surface area contributed by atoms with Crippen molar-refractivity contribution >= 4 is 22.9 Å². The molecule has 96 valence electrons. The lowest BCUT2D eigenvalue weighted by Crippen LogP contribution is -1.96. The summed E-state index contributed by atoms with van der Waals surface area (Å²) in [5.74, 6) is 1.48. The highest BCUT2D eigenvalue weighted by Gasteiger charge is 2.12. The summed E-state index contributed by atoms with van der Waals surface area (Å²) in [6.07, 6.45) is 0.780. The fraction of sp³-hybridized carbons (Fsp3) is 0.286. The monoisotopic (exact) mass is 282 g/mol. The molecule has 1 aromatic heterocycles. The minimum Gasteiger partial charge on any atom is -0.493 e. The standard InChI is InChI=1S/C14H15ClO2S/c1-16-12-6-5-10(9-13(12)17-2)8-11(15)14-4-3-7-18-14/h3-7,9,11H,8H2,1-2H3. The van der Waals surface area contributed by atoms with E-state index in [1.165, 1.54) is 4.88 Å². The maximum absolute atomic E-state index is 6.39. The average molecular weight is 283 g/mol. The molecule has 0 spiro atoms. The van der Waals surface area contributed by atoms with Crippen LogP contribution in [0.3, 0.4) is 0 Å². The van der Waals surface area contributed by atoms with Crippen molar-refractivity contribution in [2.24, 2.45) is 0 Å². The molecular formula is C14H15ClO2S. The van der Waals surface area contributed by atoms with Crippen molar-refractivity contribution in [1.82, 2.24) is 0 Å². The number of hydrogen-bond acceptors (Lipinski definition) is 3. The Morgan fingerprint density at radius 2 is 1.94 bits per heavy atom. The van der Waals surface area contributed by atoms with Crippen LogP contribution in [-0.2, 0) is 6.42 Å². The van der Waals surface area contributed by atoms with E-state index in [9.17, 15) is 0 Å². The first kappa shape index (κ1) is 13.2. The zero-order valence-electron chi connectivity index (χ0n) is 10.4. The van der Waals surface area contributed by atoms with Crippen LogP contribution in [0.15, 0.2) is 35.7 Å². The Morgan fingerprint density at radius 1 is 1.17 bits per heavy atom. The van der Waals surface area contributed by atoms with Crippen molar-refractivity contribution in [1.29, 1.82) is 0 Å². The van der Waals surface area contributed by atoms with E-state index in [0.29, 0.717) is 0 Å². The largest absolute Gasteiger partial charge is 0.493 e. The molecule has 0 aliphatic rings. The molecule has 1 heterocycles. The first-order valence-corrected chi connectivity index (χ1v) is 6.94. The lowest BCUT2D eigenvalue weighted by atomic mass is 10.1. The molecule has 0 aliphatic heterocycles. The van der Waals surface area contributed by atoms with Crippen LogP contribution in [0.5, 0.6) is 11.5 Å². The Kier molecular flexibility index (Phi) is 4.50. The van der Waals surface area contributed by atoms with E-state index in [1.807, 2.05) is 29.6 Å². The van der Waals surface area contributed by atoms with Crippen LogP contribution >= 0.6 is 22.9 Å². The van der Waals surface area contributed by atoms with Gasteiger partial charge in [0.05, 0.1) is 19.6 Å². The number of thiophene rings is 1. The van der Waals surface area contributed by atoms with Gasteiger partial charge in [-0.25, -0.2) is 0 Å². The maximum atomic E-state index is 6.39. The summed E-state index contributed by atoms with van der Waals surface area (Å²) in [5.41, 5.74) is 1.14. The van der Waals surface area contributed by atoms with Gasteiger partial charge in [0, 0.05) is 4.88 Å². The molecule has 0 aliphatic carbocycles. The summed E-state index contributed by atoms with van der Waals surface area (Å²) >= 11 is 8.07. The lowest BCUT2D eigenvalue weighted by molar-refractivity contribution is 0.354. The third-order valence-electron chi connectivity index (χ3n) is 2.71. The molecule has 0 radical (unpaired) electrons. The van der Waals surface area contributed by atoms with E-state index in [2.05, 4.69) is 6.07 Å². The van der Waals surface area contributed by atoms with Crippen LogP contribution in [0, 0.1) is 0 Å². The van der Waals surface area contributed by atoms with E-state index in [-0.39, 0.29) is 5.38 Å². The zero-order chi connectivity index (χ0) is 13.0. The van der Waals surface area contributed by atoms with Crippen LogP contribution in [-0.4, -0.2) is 14.2 Å². The lowest BCUT2D eigenvalue weighted by Gasteiger charge is -2.11. The summed E-state index contributed by atoms with van der Waals surface area (Å²) < 4.78 is 10.5. The first-order chi connectivity index (χ1) is 8.74. The Balaban J connectivity index is 2.14. The van der Waals surface area contributed by atoms with Gasteiger partial charge in [-0.05, 0) is 35.6 Å². The molecule has 0 saturated carbocycles. The topological polar surface area (TPSA) is 18.5 Å². The van der Waals surface area contributed by atoms with Crippen LogP contribution in [0.1, 0.15) is 15.8 Å². The van der Waals surface area contributed by atoms with Crippen molar-refractivity contribution in [2.45, 2.75) is 11.8 Å². The van der Waals surface area contributed by atoms with E-state index in [1.54, 1.807) is 25.6 Å². The molecule has 1 atom stereocenters. The Labute approximate surface area is 116 Å². The number of halogens is 1. The predicted molar refractivity (Wildman–Crippen MR) is 76.2 cm³/mol. The molecule has 2 nitrogen and oxygen atoms in total. The van der Waals surface area contributed by atoms with Gasteiger partial charge in [0.2, 0.25) is 0 Å². The van der Waals surface area contributed by atoms with Gasteiger partial charge in [-0.1, -0.05) is 12.1 Å². The SMILES string of the molecule is COc1ccc(CC(Cl)c2cccs2)cc1OC. The van der Waals surface area contributed by atoms with Crippen molar-refractivity contribution in [3.8, 4) is 11.5 Å². The molecule has 0 fully saturated rings. The Morgan fingerprint density at radius 3 is 2.56 bits per heavy atom. The first-order valence-electron chi connectivity index (χ1n) is 5.63. The second-order valence-electron chi connectivity index (χ2n) is 3.88. The quantitative estimate of drug-likeness (QED) is 0.762. The average Bonchev–Trinajstić information content (AvgIpc) is 2.92. The highest BCUT2D eigenvalue weighted by Crippen LogP contribution is 2.32. The van der Waals surface area contributed by atoms with E-state index in [4.69, 9.17) is 21.1 Å². The molecule has 2 aromatic rings. The minimum absolute atomic E-state index is 0.00287. The van der Waals surface area contributed by atoms with Crippen LogP contribution < -0.4 is 9.47 Å². The smallest absolute Gasteiger partial charge is 0.160 e. The summed E-state index contributed by atoms with van der Waals surface area (Å²) in [6, 6.07) is 9.98. The van der Waals surface area contributed by atoms with Gasteiger partial charge in [-0.3, -0.25) is 0 Å². The number of ether oxygens (including phenoxy) is 2. The second-order valence-corrected chi connectivity index (χ2v) is 5.38. The van der Waals surface area contributed by atoms with Crippen LogP contribution in [0.25, 0.3) is 0 Å². The summed E-state index contributed by atoms with van der Waals surface area (Å²) in [7, 11) is 3.27. The van der Waals surface area contributed by atoms with Gasteiger partial charge in [0.25, 0.3) is 0 Å². The molecule has 2 rings (SSSR count). The van der Waals surface area contributed by atoms with Gasteiger partial charge < -0.3 is 9.47 Å². The van der Waals surface area contributed by atoms with Crippen molar-refractivity contribution in [2.75, 3.05) is 14.2 Å². The fourth-order valence-corrected chi connectivity index (χ4v) is 2.89. The number of alkyl halides is 1. The number of rotatable bonds is 5. The Bertz CT molecular complexity index is 497. The van der Waals surface area contributed by atoms with E-state index in [0.717, 1.165) is 23.5 Å². The predicted octanol–water partition coefficient (Wildman–Crippen LogP) is 4.29. The van der Waals surface area contributed by atoms with Crippen LogP contribution in [0.4, 0.5) is 0 Å². The normalized spacial score (nSPS) is 12.2. The zero-order valence-corrected chi connectivity index (χ0v) is 11.9. The number of benzene rings is 1. The molecule has 1 aromatic carbocycles. The summed E-state index contributed by atoms with van der Waals surface area (Å²) in [5, 5.41) is 2.04. The highest BCUT2D eigenvalue weighted by molar-refractivity contribution is 7.10. The van der Waals surface area contributed by atoms with E-state index >= 15 is 0 Å². The van der Waals surface area contributed by atoms with E-state index < -0.39 is 0 Å². The number of hydrogen-bond donors (Lipinski definition) is 0. The second kappa shape index (κ2) is 6.12. The Hall–Kier alpha value is -1.19.